The molecule has 7 atom stereocenters. The highest BCUT2D eigenvalue weighted by Crippen LogP contribution is 2.69. The zero-order valence-electron chi connectivity index (χ0n) is 21.3. The second-order valence-electron chi connectivity index (χ2n) is 10.8. The molecule has 6 rings (SSSR count). The summed E-state index contributed by atoms with van der Waals surface area (Å²) in [7, 11) is 0. The van der Waals surface area contributed by atoms with E-state index in [4.69, 9.17) is 4.74 Å². The molecule has 2 aliphatic heterocycles. The van der Waals surface area contributed by atoms with E-state index in [1.54, 1.807) is 43.0 Å². The van der Waals surface area contributed by atoms with Crippen LogP contribution in [0.15, 0.2) is 34.1 Å². The van der Waals surface area contributed by atoms with Gasteiger partial charge >= 0.3 is 10.8 Å². The summed E-state index contributed by atoms with van der Waals surface area (Å²) in [6, 6.07) is 6.28. The van der Waals surface area contributed by atoms with Crippen molar-refractivity contribution in [2.45, 2.75) is 49.3 Å². The fourth-order valence-corrected chi connectivity index (χ4v) is 10.6. The molecule has 2 bridgehead atoms. The van der Waals surface area contributed by atoms with Crippen LogP contribution in [-0.2, 0) is 24.5 Å². The van der Waals surface area contributed by atoms with Gasteiger partial charge in [0.05, 0.1) is 29.0 Å². The third-order valence-corrected chi connectivity index (χ3v) is 11.8. The van der Waals surface area contributed by atoms with Crippen LogP contribution >= 0.6 is 23.1 Å². The number of carbonyl (C=O) groups is 4. The molecule has 11 heteroatoms. The van der Waals surface area contributed by atoms with Crippen LogP contribution < -0.4 is 10.2 Å². The lowest BCUT2D eigenvalue weighted by Crippen LogP contribution is -2.49. The topological polar surface area (TPSA) is 126 Å². The summed E-state index contributed by atoms with van der Waals surface area (Å²) in [5.74, 6) is -1.95. The van der Waals surface area contributed by atoms with Crippen LogP contribution in [0.5, 0.6) is 0 Å². The zero-order chi connectivity index (χ0) is 26.9. The van der Waals surface area contributed by atoms with Crippen LogP contribution in [0.25, 0.3) is 0 Å². The quantitative estimate of drug-likeness (QED) is 0.414. The zero-order valence-corrected chi connectivity index (χ0v) is 22.9. The Labute approximate surface area is 227 Å². The highest BCUT2D eigenvalue weighted by molar-refractivity contribution is 8.00. The number of esters is 1. The second kappa shape index (κ2) is 9.08. The van der Waals surface area contributed by atoms with Gasteiger partial charge in [-0.05, 0) is 61.8 Å². The van der Waals surface area contributed by atoms with Gasteiger partial charge in [0.2, 0.25) is 17.7 Å². The number of amides is 3. The molecule has 2 aliphatic carbocycles. The Bertz CT molecular complexity index is 1400. The number of hydrogen-bond donors (Lipinski definition) is 2. The molecular formula is C27H29N3O6S2. The summed E-state index contributed by atoms with van der Waals surface area (Å²) in [6.45, 7) is 5.98. The van der Waals surface area contributed by atoms with Crippen molar-refractivity contribution in [2.75, 3.05) is 18.5 Å². The predicted octanol–water partition coefficient (Wildman–Crippen LogP) is 3.26. The number of carbonyl (C=O) groups excluding carboxylic acids is 4. The molecule has 1 aromatic carbocycles. The Kier molecular flexibility index (Phi) is 6.06. The first-order chi connectivity index (χ1) is 18.2. The van der Waals surface area contributed by atoms with E-state index < -0.39 is 23.7 Å². The third-order valence-electron chi connectivity index (χ3n) is 9.03. The third kappa shape index (κ3) is 3.61. The van der Waals surface area contributed by atoms with Gasteiger partial charge in [-0.2, -0.15) is 0 Å². The van der Waals surface area contributed by atoms with Crippen molar-refractivity contribution in [1.29, 1.82) is 0 Å². The number of nitrogens with zero attached hydrogens (tertiary/aromatic N) is 1. The lowest BCUT2D eigenvalue weighted by molar-refractivity contribution is -0.143. The Morgan fingerprint density at radius 1 is 1.11 bits per heavy atom. The van der Waals surface area contributed by atoms with Crippen molar-refractivity contribution in [2.24, 2.45) is 29.6 Å². The summed E-state index contributed by atoms with van der Waals surface area (Å²) in [5, 5.41) is 3.80. The maximum Gasteiger partial charge on any atom is 0.338 e. The van der Waals surface area contributed by atoms with Gasteiger partial charge in [-0.25, -0.2) is 4.79 Å². The summed E-state index contributed by atoms with van der Waals surface area (Å²) in [6.07, 6.45) is 1.68. The van der Waals surface area contributed by atoms with E-state index in [1.165, 1.54) is 11.3 Å². The number of nitrogens with one attached hydrogen (secondary N) is 2. The van der Waals surface area contributed by atoms with Crippen LogP contribution in [0.4, 0.5) is 5.69 Å². The number of aromatic amines is 1. The number of H-pyrrole nitrogens is 1. The van der Waals surface area contributed by atoms with Gasteiger partial charge in [0.25, 0.3) is 0 Å². The van der Waals surface area contributed by atoms with Gasteiger partial charge in [-0.3, -0.25) is 24.1 Å². The number of fused-ring (bicyclic) bond motifs is 9. The molecule has 4 aliphatic rings. The molecule has 38 heavy (non-hydrogen) atoms. The Morgan fingerprint density at radius 2 is 1.79 bits per heavy atom. The van der Waals surface area contributed by atoms with Crippen LogP contribution in [0, 0.1) is 29.6 Å². The van der Waals surface area contributed by atoms with Crippen LogP contribution in [-0.4, -0.2) is 52.0 Å². The van der Waals surface area contributed by atoms with Crippen molar-refractivity contribution in [3.63, 3.8) is 0 Å². The number of imide groups is 1. The molecule has 0 spiro atoms. The number of aromatic nitrogens is 1. The van der Waals surface area contributed by atoms with Gasteiger partial charge in [-0.15, -0.1) is 11.8 Å². The molecule has 2 N–H and O–H groups in total. The van der Waals surface area contributed by atoms with Crippen molar-refractivity contribution in [1.82, 2.24) is 9.88 Å². The first kappa shape index (κ1) is 25.4. The second-order valence-corrected chi connectivity index (χ2v) is 12.9. The number of ether oxygens (including phenoxy) is 1. The largest absolute Gasteiger partial charge is 0.462 e. The van der Waals surface area contributed by atoms with E-state index in [9.17, 15) is 24.0 Å². The SMILES string of the molecule is CCOC(=O)c1ccc(NC(=O)CN2C(=O)[C@@H]3[C@H]4C[C@@H]([C@@H]3C2=O)[C@@H]2[C@H]4Sc3[nH]c(=O)sc3[C@]2(C)CC)cc1. The summed E-state index contributed by atoms with van der Waals surface area (Å²) < 4.78 is 4.97. The van der Waals surface area contributed by atoms with Gasteiger partial charge in [0, 0.05) is 21.2 Å². The minimum Gasteiger partial charge on any atom is -0.462 e. The molecule has 0 radical (unpaired) electrons. The normalized spacial score (nSPS) is 32.7. The first-order valence-electron chi connectivity index (χ1n) is 13.0. The summed E-state index contributed by atoms with van der Waals surface area (Å²) in [5.41, 5.74) is 0.599. The maximum atomic E-state index is 13.6. The van der Waals surface area contributed by atoms with Crippen molar-refractivity contribution < 1.29 is 23.9 Å². The molecule has 2 saturated carbocycles. The standard InChI is InChI=1S/C27H29N3O6S2/c1-4-27(3)19-14-10-15(20(19)37-22-21(27)38-26(35)29-22)18-17(14)23(32)30(24(18)33)11-16(31)28-13-8-6-12(7-9-13)25(34)36-5-2/h6-9,14-15,17-20H,4-5,10-11H2,1-3H3,(H,28,31)(H,29,35)/t14-,15+,17-,18+,19+,20-,27+/m0/s1. The van der Waals surface area contributed by atoms with E-state index in [2.05, 4.69) is 24.1 Å². The fraction of sp³-hybridized carbons (Fsp3) is 0.519. The number of likely N-dealkylation sites (tertiary alicyclic amines) is 1. The average molecular weight is 556 g/mol. The molecule has 3 amide bonds. The predicted molar refractivity (Wildman–Crippen MR) is 142 cm³/mol. The molecule has 1 aromatic heterocycles. The molecule has 9 nitrogen and oxygen atoms in total. The van der Waals surface area contributed by atoms with E-state index >= 15 is 0 Å². The molecule has 3 fully saturated rings. The maximum absolute atomic E-state index is 13.6. The number of thiazole rings is 1. The lowest BCUT2D eigenvalue weighted by atomic mass is 9.62. The highest BCUT2D eigenvalue weighted by Gasteiger charge is 2.71. The Hall–Kier alpha value is -2.92. The molecule has 0 unspecified atom stereocenters. The smallest absolute Gasteiger partial charge is 0.338 e. The molecular weight excluding hydrogens is 526 g/mol. The number of benzene rings is 1. The fourth-order valence-electron chi connectivity index (χ4n) is 7.36. The van der Waals surface area contributed by atoms with E-state index in [0.717, 1.165) is 27.6 Å². The number of thioether (sulfide) groups is 1. The van der Waals surface area contributed by atoms with Crippen LogP contribution in [0.1, 0.15) is 48.8 Å². The minimum atomic E-state index is -0.465. The molecule has 200 valence electrons. The van der Waals surface area contributed by atoms with E-state index in [-0.39, 0.29) is 58.3 Å². The van der Waals surface area contributed by atoms with Gasteiger partial charge in [-0.1, -0.05) is 25.2 Å². The van der Waals surface area contributed by atoms with Crippen molar-refractivity contribution in [3.05, 3.63) is 44.4 Å². The number of anilines is 1. The molecule has 1 saturated heterocycles. The van der Waals surface area contributed by atoms with E-state index in [1.807, 2.05) is 0 Å². The summed E-state index contributed by atoms with van der Waals surface area (Å²) >= 11 is 2.93. The Balaban J connectivity index is 1.19. The number of rotatable bonds is 6. The molecule has 2 aromatic rings. The Morgan fingerprint density at radius 3 is 2.45 bits per heavy atom. The average Bonchev–Trinajstić information content (AvgIpc) is 3.62. The van der Waals surface area contributed by atoms with Crippen LogP contribution in [0.3, 0.4) is 0 Å². The monoisotopic (exact) mass is 555 g/mol. The van der Waals surface area contributed by atoms with Crippen LogP contribution in [0.2, 0.25) is 0 Å². The van der Waals surface area contributed by atoms with Gasteiger partial charge < -0.3 is 15.0 Å². The van der Waals surface area contributed by atoms with Gasteiger partial charge in [0.1, 0.15) is 6.54 Å². The lowest BCUT2D eigenvalue weighted by Gasteiger charge is -2.48. The molecule has 3 heterocycles. The van der Waals surface area contributed by atoms with Gasteiger partial charge in [0.15, 0.2) is 0 Å². The number of hydrogen-bond acceptors (Lipinski definition) is 8. The van der Waals surface area contributed by atoms with Crippen molar-refractivity contribution >= 4 is 52.5 Å². The highest BCUT2D eigenvalue weighted by atomic mass is 32.2. The van der Waals surface area contributed by atoms with E-state index in [0.29, 0.717) is 11.3 Å². The minimum absolute atomic E-state index is 0.0439. The summed E-state index contributed by atoms with van der Waals surface area (Å²) in [4.78, 5) is 69.1. The first-order valence-corrected chi connectivity index (χ1v) is 14.7. The van der Waals surface area contributed by atoms with Crippen molar-refractivity contribution in [3.8, 4) is 0 Å².